The molecule has 0 aliphatic rings. The predicted octanol–water partition coefficient (Wildman–Crippen LogP) is 4.19. The van der Waals surface area contributed by atoms with E-state index in [9.17, 15) is 4.39 Å². The summed E-state index contributed by atoms with van der Waals surface area (Å²) in [6.07, 6.45) is 2.20. The molecule has 2 nitrogen and oxygen atoms in total. The van der Waals surface area contributed by atoms with Crippen LogP contribution in [0.5, 0.6) is 0 Å². The maximum absolute atomic E-state index is 14.0. The van der Waals surface area contributed by atoms with Gasteiger partial charge in [0.05, 0.1) is 0 Å². The van der Waals surface area contributed by atoms with E-state index in [1.165, 1.54) is 0 Å². The molecule has 0 saturated carbocycles. The van der Waals surface area contributed by atoms with Crippen molar-refractivity contribution < 1.29 is 4.39 Å². The van der Waals surface area contributed by atoms with E-state index >= 15 is 0 Å². The van der Waals surface area contributed by atoms with E-state index in [2.05, 4.69) is 45.0 Å². The number of nitrogens with one attached hydrogen (secondary N) is 1. The molecule has 0 aliphatic heterocycles. The lowest BCUT2D eigenvalue weighted by Crippen LogP contribution is -2.30. The molecular weight excluding hydrogens is 263 g/mol. The molecule has 0 radical (unpaired) electrons. The molecule has 0 amide bonds. The van der Waals surface area contributed by atoms with E-state index in [-0.39, 0.29) is 5.82 Å². The third-order valence-corrected chi connectivity index (χ3v) is 3.98. The monoisotopic (exact) mass is 294 g/mol. The normalized spacial score (nSPS) is 11.9. The predicted molar refractivity (Wildman–Crippen MR) is 88.8 cm³/mol. The smallest absolute Gasteiger partial charge is 0.127 e. The fraction of sp³-hybridized carbons (Fsp3) is 0.667. The average Bonchev–Trinajstić information content (AvgIpc) is 2.43. The van der Waals surface area contributed by atoms with Gasteiger partial charge in [-0.3, -0.25) is 4.90 Å². The lowest BCUT2D eigenvalue weighted by atomic mass is 10.1. The molecule has 0 aromatic heterocycles. The van der Waals surface area contributed by atoms with Crippen molar-refractivity contribution in [2.45, 2.75) is 59.7 Å². The molecule has 0 aliphatic carbocycles. The van der Waals surface area contributed by atoms with Crippen LogP contribution >= 0.6 is 0 Å². The van der Waals surface area contributed by atoms with Crippen molar-refractivity contribution in [3.05, 3.63) is 35.1 Å². The molecule has 120 valence electrons. The van der Waals surface area contributed by atoms with Crippen LogP contribution in [0.3, 0.4) is 0 Å². The van der Waals surface area contributed by atoms with Gasteiger partial charge in [-0.1, -0.05) is 39.8 Å². The van der Waals surface area contributed by atoms with Crippen LogP contribution in [0.1, 0.15) is 51.7 Å². The van der Waals surface area contributed by atoms with E-state index < -0.39 is 0 Å². The zero-order valence-corrected chi connectivity index (χ0v) is 14.2. The minimum absolute atomic E-state index is 0.0968. The lowest BCUT2D eigenvalue weighted by Gasteiger charge is -2.26. The Bertz CT molecular complexity index is 414. The van der Waals surface area contributed by atoms with Gasteiger partial charge in [0.2, 0.25) is 0 Å². The molecule has 0 unspecified atom stereocenters. The van der Waals surface area contributed by atoms with Gasteiger partial charge in [0, 0.05) is 24.7 Å². The molecular formula is C18H31FN2. The third kappa shape index (κ3) is 6.15. The van der Waals surface area contributed by atoms with Crippen LogP contribution in [0.15, 0.2) is 18.2 Å². The first-order valence-electron chi connectivity index (χ1n) is 8.16. The van der Waals surface area contributed by atoms with Crippen molar-refractivity contribution in [2.24, 2.45) is 5.92 Å². The average molecular weight is 294 g/mol. The van der Waals surface area contributed by atoms with Crippen LogP contribution in [-0.4, -0.2) is 24.5 Å². The van der Waals surface area contributed by atoms with E-state index in [1.807, 2.05) is 12.1 Å². The molecule has 0 atom stereocenters. The maximum atomic E-state index is 14.0. The summed E-state index contributed by atoms with van der Waals surface area (Å²) in [5, 5.41) is 3.41. The van der Waals surface area contributed by atoms with Crippen molar-refractivity contribution in [3.63, 3.8) is 0 Å². The van der Waals surface area contributed by atoms with Crippen LogP contribution in [0.25, 0.3) is 0 Å². The minimum Gasteiger partial charge on any atom is -0.312 e. The quantitative estimate of drug-likeness (QED) is 0.734. The fourth-order valence-electron chi connectivity index (χ4n) is 2.67. The summed E-state index contributed by atoms with van der Waals surface area (Å²) < 4.78 is 14.0. The molecule has 1 aromatic rings. The topological polar surface area (TPSA) is 15.3 Å². The van der Waals surface area contributed by atoms with E-state index in [4.69, 9.17) is 0 Å². The van der Waals surface area contributed by atoms with Gasteiger partial charge >= 0.3 is 0 Å². The standard InChI is InChI=1S/C18H31FN2/c1-6-17(7-2)21(5)13-16-10-15(8-9-18(16)19)12-20-11-14(3)4/h8-10,14,17,20H,6-7,11-13H2,1-5H3. The Morgan fingerprint density at radius 3 is 2.43 bits per heavy atom. The Morgan fingerprint density at radius 2 is 1.86 bits per heavy atom. The van der Waals surface area contributed by atoms with Crippen molar-refractivity contribution >= 4 is 0 Å². The second-order valence-corrected chi connectivity index (χ2v) is 6.34. The zero-order valence-electron chi connectivity index (χ0n) is 14.2. The Labute approximate surface area is 129 Å². The number of nitrogens with zero attached hydrogens (tertiary/aromatic N) is 1. The first kappa shape index (κ1) is 18.1. The van der Waals surface area contributed by atoms with Gasteiger partial charge in [-0.2, -0.15) is 0 Å². The summed E-state index contributed by atoms with van der Waals surface area (Å²) in [6.45, 7) is 11.2. The summed E-state index contributed by atoms with van der Waals surface area (Å²) in [5.74, 6) is 0.534. The van der Waals surface area contributed by atoms with Crippen LogP contribution in [0.2, 0.25) is 0 Å². The molecule has 1 rings (SSSR count). The number of rotatable bonds is 9. The molecule has 0 fully saturated rings. The summed E-state index contributed by atoms with van der Waals surface area (Å²) in [5.41, 5.74) is 1.96. The molecule has 0 spiro atoms. The molecule has 21 heavy (non-hydrogen) atoms. The van der Waals surface area contributed by atoms with Crippen LogP contribution in [-0.2, 0) is 13.1 Å². The Kier molecular flexibility index (Phi) is 7.91. The molecule has 0 heterocycles. The number of halogens is 1. The van der Waals surface area contributed by atoms with E-state index in [0.29, 0.717) is 18.5 Å². The van der Waals surface area contributed by atoms with Crippen molar-refractivity contribution in [2.75, 3.05) is 13.6 Å². The van der Waals surface area contributed by atoms with E-state index in [1.54, 1.807) is 6.07 Å². The molecule has 3 heteroatoms. The van der Waals surface area contributed by atoms with Gasteiger partial charge in [0.15, 0.2) is 0 Å². The van der Waals surface area contributed by atoms with Gasteiger partial charge in [-0.15, -0.1) is 0 Å². The first-order valence-corrected chi connectivity index (χ1v) is 8.16. The van der Waals surface area contributed by atoms with Crippen LogP contribution in [0.4, 0.5) is 4.39 Å². The highest BCUT2D eigenvalue weighted by molar-refractivity contribution is 5.25. The molecule has 1 N–H and O–H groups in total. The highest BCUT2D eigenvalue weighted by Crippen LogP contribution is 2.16. The van der Waals surface area contributed by atoms with Gasteiger partial charge in [-0.05, 0) is 44.0 Å². The van der Waals surface area contributed by atoms with E-state index in [0.717, 1.165) is 37.1 Å². The summed E-state index contributed by atoms with van der Waals surface area (Å²) in [7, 11) is 2.08. The van der Waals surface area contributed by atoms with Gasteiger partial charge < -0.3 is 5.32 Å². The largest absolute Gasteiger partial charge is 0.312 e. The molecule has 0 bridgehead atoms. The minimum atomic E-state index is -0.0968. The Hall–Kier alpha value is -0.930. The van der Waals surface area contributed by atoms with Gasteiger partial charge in [0.1, 0.15) is 5.82 Å². The SMILES string of the molecule is CCC(CC)N(C)Cc1cc(CNCC(C)C)ccc1F. The maximum Gasteiger partial charge on any atom is 0.127 e. The van der Waals surface area contributed by atoms with Gasteiger partial charge in [0.25, 0.3) is 0 Å². The second-order valence-electron chi connectivity index (χ2n) is 6.34. The Balaban J connectivity index is 2.68. The summed E-state index contributed by atoms with van der Waals surface area (Å²) in [6, 6.07) is 6.00. The number of benzene rings is 1. The van der Waals surface area contributed by atoms with Crippen molar-refractivity contribution in [3.8, 4) is 0 Å². The second kappa shape index (κ2) is 9.16. The van der Waals surface area contributed by atoms with Crippen LogP contribution in [0, 0.1) is 11.7 Å². The first-order chi connectivity index (χ1) is 9.97. The fourth-order valence-corrected chi connectivity index (χ4v) is 2.67. The molecule has 0 saturated heterocycles. The highest BCUT2D eigenvalue weighted by Gasteiger charge is 2.13. The van der Waals surface area contributed by atoms with Gasteiger partial charge in [-0.25, -0.2) is 4.39 Å². The van der Waals surface area contributed by atoms with Crippen molar-refractivity contribution in [1.29, 1.82) is 0 Å². The summed E-state index contributed by atoms with van der Waals surface area (Å²) in [4.78, 5) is 2.25. The molecule has 1 aromatic carbocycles. The highest BCUT2D eigenvalue weighted by atomic mass is 19.1. The number of hydrogen-bond donors (Lipinski definition) is 1. The van der Waals surface area contributed by atoms with Crippen LogP contribution < -0.4 is 5.32 Å². The number of hydrogen-bond acceptors (Lipinski definition) is 2. The Morgan fingerprint density at radius 1 is 1.19 bits per heavy atom. The lowest BCUT2D eigenvalue weighted by molar-refractivity contribution is 0.219. The third-order valence-electron chi connectivity index (χ3n) is 3.98. The zero-order chi connectivity index (χ0) is 15.8. The summed E-state index contributed by atoms with van der Waals surface area (Å²) >= 11 is 0. The van der Waals surface area contributed by atoms with Crippen molar-refractivity contribution in [1.82, 2.24) is 10.2 Å².